The highest BCUT2D eigenvalue weighted by molar-refractivity contribution is 14.1. The third kappa shape index (κ3) is 2.98. The fourth-order valence-corrected chi connectivity index (χ4v) is 3.03. The maximum atomic E-state index is 12.1. The van der Waals surface area contributed by atoms with Crippen molar-refractivity contribution in [3.8, 4) is 0 Å². The molecule has 0 spiro atoms. The molecule has 3 N–H and O–H groups in total. The van der Waals surface area contributed by atoms with E-state index in [0.29, 0.717) is 12.5 Å². The van der Waals surface area contributed by atoms with Gasteiger partial charge in [0.05, 0.1) is 5.56 Å². The van der Waals surface area contributed by atoms with E-state index in [-0.39, 0.29) is 11.9 Å². The monoisotopic (exact) mass is 344 g/mol. The van der Waals surface area contributed by atoms with Crippen molar-refractivity contribution in [1.82, 2.24) is 5.32 Å². The van der Waals surface area contributed by atoms with Gasteiger partial charge in [-0.15, -0.1) is 0 Å². The molecule has 0 saturated heterocycles. The van der Waals surface area contributed by atoms with Crippen molar-refractivity contribution in [2.24, 2.45) is 11.7 Å². The first kappa shape index (κ1) is 12.8. The molecule has 0 heterocycles. The lowest BCUT2D eigenvalue weighted by atomic mass is 10.0. The standard InChI is InChI=1S/C13H17IN2O/c14-11-6-2-1-5-10(11)13(17)16-12-7-3-4-9(12)8-15/h1-2,5-6,9,12H,3-4,7-8,15H2,(H,16,17). The summed E-state index contributed by atoms with van der Waals surface area (Å²) >= 11 is 2.19. The van der Waals surface area contributed by atoms with Gasteiger partial charge in [-0.2, -0.15) is 0 Å². The van der Waals surface area contributed by atoms with Gasteiger partial charge in [-0.05, 0) is 60.0 Å². The van der Waals surface area contributed by atoms with Gasteiger partial charge in [0.1, 0.15) is 0 Å². The number of hydrogen-bond acceptors (Lipinski definition) is 2. The van der Waals surface area contributed by atoms with E-state index in [1.165, 1.54) is 6.42 Å². The van der Waals surface area contributed by atoms with Gasteiger partial charge in [0.25, 0.3) is 5.91 Å². The summed E-state index contributed by atoms with van der Waals surface area (Å²) in [5, 5.41) is 3.11. The Morgan fingerprint density at radius 1 is 1.41 bits per heavy atom. The molecule has 1 fully saturated rings. The van der Waals surface area contributed by atoms with Gasteiger partial charge >= 0.3 is 0 Å². The van der Waals surface area contributed by atoms with E-state index >= 15 is 0 Å². The van der Waals surface area contributed by atoms with E-state index in [4.69, 9.17) is 5.73 Å². The Morgan fingerprint density at radius 3 is 2.88 bits per heavy atom. The lowest BCUT2D eigenvalue weighted by Crippen LogP contribution is -2.40. The molecule has 1 amide bonds. The summed E-state index contributed by atoms with van der Waals surface area (Å²) in [6.07, 6.45) is 3.35. The summed E-state index contributed by atoms with van der Waals surface area (Å²) in [6.45, 7) is 0.664. The molecule has 17 heavy (non-hydrogen) atoms. The Bertz CT molecular complexity index is 408. The minimum atomic E-state index is 0.0281. The molecule has 1 aromatic rings. The van der Waals surface area contributed by atoms with Crippen LogP contribution in [0.2, 0.25) is 0 Å². The summed E-state index contributed by atoms with van der Waals surface area (Å²) in [6, 6.07) is 7.90. The Labute approximate surface area is 115 Å². The van der Waals surface area contributed by atoms with Crippen molar-refractivity contribution in [2.75, 3.05) is 6.54 Å². The van der Waals surface area contributed by atoms with E-state index < -0.39 is 0 Å². The molecule has 1 aliphatic rings. The average molecular weight is 344 g/mol. The molecule has 1 saturated carbocycles. The molecule has 0 radical (unpaired) electrons. The predicted molar refractivity (Wildman–Crippen MR) is 76.8 cm³/mol. The molecule has 0 bridgehead atoms. The Kier molecular flexibility index (Phi) is 4.39. The second kappa shape index (κ2) is 5.82. The Morgan fingerprint density at radius 2 is 2.18 bits per heavy atom. The molecular formula is C13H17IN2O. The van der Waals surface area contributed by atoms with Gasteiger partial charge in [-0.1, -0.05) is 18.6 Å². The molecule has 1 aliphatic carbocycles. The molecule has 2 atom stereocenters. The highest BCUT2D eigenvalue weighted by Crippen LogP contribution is 2.25. The average Bonchev–Trinajstić information content (AvgIpc) is 2.76. The zero-order valence-corrected chi connectivity index (χ0v) is 11.8. The molecular weight excluding hydrogens is 327 g/mol. The number of carbonyl (C=O) groups is 1. The molecule has 0 aliphatic heterocycles. The van der Waals surface area contributed by atoms with E-state index in [9.17, 15) is 4.79 Å². The van der Waals surface area contributed by atoms with Crippen LogP contribution < -0.4 is 11.1 Å². The highest BCUT2D eigenvalue weighted by Gasteiger charge is 2.27. The molecule has 0 aromatic heterocycles. The molecule has 2 rings (SSSR count). The van der Waals surface area contributed by atoms with Crippen LogP contribution in [0, 0.1) is 9.49 Å². The highest BCUT2D eigenvalue weighted by atomic mass is 127. The fourth-order valence-electron chi connectivity index (χ4n) is 2.40. The zero-order chi connectivity index (χ0) is 12.3. The number of nitrogens with two attached hydrogens (primary N) is 1. The molecule has 92 valence electrons. The van der Waals surface area contributed by atoms with Gasteiger partial charge in [0.2, 0.25) is 0 Å². The Balaban J connectivity index is 2.04. The number of carbonyl (C=O) groups excluding carboxylic acids is 1. The van der Waals surface area contributed by atoms with Gasteiger partial charge in [-0.25, -0.2) is 0 Å². The first-order chi connectivity index (χ1) is 8.22. The van der Waals surface area contributed by atoms with Gasteiger partial charge in [0.15, 0.2) is 0 Å². The van der Waals surface area contributed by atoms with Crippen molar-refractivity contribution in [2.45, 2.75) is 25.3 Å². The number of benzene rings is 1. The predicted octanol–water partition coefficient (Wildman–Crippen LogP) is 2.15. The van der Waals surface area contributed by atoms with Gasteiger partial charge in [-0.3, -0.25) is 4.79 Å². The van der Waals surface area contributed by atoms with Crippen LogP contribution in [0.15, 0.2) is 24.3 Å². The maximum absolute atomic E-state index is 12.1. The van der Waals surface area contributed by atoms with E-state index in [1.807, 2.05) is 24.3 Å². The summed E-state index contributed by atoms with van der Waals surface area (Å²) in [4.78, 5) is 12.1. The van der Waals surface area contributed by atoms with Crippen LogP contribution >= 0.6 is 22.6 Å². The second-order valence-electron chi connectivity index (χ2n) is 4.49. The fraction of sp³-hybridized carbons (Fsp3) is 0.462. The number of amides is 1. The summed E-state index contributed by atoms with van der Waals surface area (Å²) in [5.41, 5.74) is 6.48. The summed E-state index contributed by atoms with van der Waals surface area (Å²) in [7, 11) is 0. The molecule has 3 nitrogen and oxygen atoms in total. The number of halogens is 1. The van der Waals surface area contributed by atoms with Gasteiger partial charge in [0, 0.05) is 9.61 Å². The van der Waals surface area contributed by atoms with E-state index in [2.05, 4.69) is 27.9 Å². The van der Waals surface area contributed by atoms with E-state index in [1.54, 1.807) is 0 Å². The Hall–Kier alpha value is -0.620. The SMILES string of the molecule is NCC1CCCC1NC(=O)c1ccccc1I. The van der Waals surface area contributed by atoms with Crippen molar-refractivity contribution >= 4 is 28.5 Å². The van der Waals surface area contributed by atoms with Crippen LogP contribution in [0.4, 0.5) is 0 Å². The number of hydrogen-bond donors (Lipinski definition) is 2. The lowest BCUT2D eigenvalue weighted by Gasteiger charge is -2.19. The first-order valence-corrected chi connectivity index (χ1v) is 7.05. The van der Waals surface area contributed by atoms with Crippen LogP contribution in [-0.2, 0) is 0 Å². The van der Waals surface area contributed by atoms with Crippen molar-refractivity contribution in [3.63, 3.8) is 0 Å². The quantitative estimate of drug-likeness (QED) is 0.826. The summed E-state index contributed by atoms with van der Waals surface area (Å²) < 4.78 is 0.991. The first-order valence-electron chi connectivity index (χ1n) is 5.98. The van der Waals surface area contributed by atoms with Crippen molar-refractivity contribution in [3.05, 3.63) is 33.4 Å². The molecule has 1 aromatic carbocycles. The van der Waals surface area contributed by atoms with Crippen LogP contribution in [-0.4, -0.2) is 18.5 Å². The number of rotatable bonds is 3. The molecule has 2 unspecified atom stereocenters. The minimum absolute atomic E-state index is 0.0281. The van der Waals surface area contributed by atoms with Crippen LogP contribution in [0.3, 0.4) is 0 Å². The van der Waals surface area contributed by atoms with Crippen LogP contribution in [0.5, 0.6) is 0 Å². The second-order valence-corrected chi connectivity index (χ2v) is 5.65. The zero-order valence-electron chi connectivity index (χ0n) is 9.66. The lowest BCUT2D eigenvalue weighted by molar-refractivity contribution is 0.0928. The topological polar surface area (TPSA) is 55.1 Å². The van der Waals surface area contributed by atoms with Crippen molar-refractivity contribution in [1.29, 1.82) is 0 Å². The third-order valence-electron chi connectivity index (χ3n) is 3.40. The van der Waals surface area contributed by atoms with Crippen LogP contribution in [0.25, 0.3) is 0 Å². The normalized spacial score (nSPS) is 23.6. The van der Waals surface area contributed by atoms with Gasteiger partial charge < -0.3 is 11.1 Å². The summed E-state index contributed by atoms with van der Waals surface area (Å²) in [5.74, 6) is 0.473. The third-order valence-corrected chi connectivity index (χ3v) is 4.34. The minimum Gasteiger partial charge on any atom is -0.349 e. The van der Waals surface area contributed by atoms with E-state index in [0.717, 1.165) is 22.0 Å². The molecule has 4 heteroatoms. The van der Waals surface area contributed by atoms with Crippen LogP contribution in [0.1, 0.15) is 29.6 Å². The largest absolute Gasteiger partial charge is 0.349 e. The number of nitrogens with one attached hydrogen (secondary N) is 1. The van der Waals surface area contributed by atoms with Crippen molar-refractivity contribution < 1.29 is 4.79 Å². The maximum Gasteiger partial charge on any atom is 0.252 e. The smallest absolute Gasteiger partial charge is 0.252 e.